The van der Waals surface area contributed by atoms with Crippen LogP contribution in [-0.4, -0.2) is 74.6 Å². The van der Waals surface area contributed by atoms with E-state index in [9.17, 15) is 22.8 Å². The van der Waals surface area contributed by atoms with Gasteiger partial charge in [0.15, 0.2) is 0 Å². The van der Waals surface area contributed by atoms with E-state index in [1.54, 1.807) is 21.9 Å². The zero-order chi connectivity index (χ0) is 23.1. The fourth-order valence-electron chi connectivity index (χ4n) is 3.57. The maximum absolute atomic E-state index is 13.0. The van der Waals surface area contributed by atoms with Gasteiger partial charge in [-0.2, -0.15) is 13.2 Å². The van der Waals surface area contributed by atoms with Gasteiger partial charge in [-0.3, -0.25) is 9.59 Å². The summed E-state index contributed by atoms with van der Waals surface area (Å²) >= 11 is 0. The molecule has 0 aliphatic carbocycles. The molecule has 1 fully saturated rings. The average molecular weight is 453 g/mol. The molecule has 0 saturated carbocycles. The molecule has 32 heavy (non-hydrogen) atoms. The van der Waals surface area contributed by atoms with Crippen LogP contribution < -0.4 is 4.90 Å². The average Bonchev–Trinajstić information content (AvgIpc) is 3.33. The van der Waals surface area contributed by atoms with Gasteiger partial charge < -0.3 is 23.9 Å². The highest BCUT2D eigenvalue weighted by atomic mass is 19.4. The van der Waals surface area contributed by atoms with E-state index in [0.29, 0.717) is 50.6 Å². The van der Waals surface area contributed by atoms with Crippen LogP contribution in [0.15, 0.2) is 47.3 Å². The van der Waals surface area contributed by atoms with Crippen molar-refractivity contribution >= 4 is 17.5 Å². The van der Waals surface area contributed by atoms with Crippen LogP contribution in [0.2, 0.25) is 0 Å². The van der Waals surface area contributed by atoms with E-state index in [4.69, 9.17) is 9.15 Å². The Labute approximate surface area is 184 Å². The van der Waals surface area contributed by atoms with E-state index in [-0.39, 0.29) is 24.8 Å². The highest BCUT2D eigenvalue weighted by Crippen LogP contribution is 2.31. The number of benzene rings is 1. The number of alkyl halides is 3. The van der Waals surface area contributed by atoms with Crippen LogP contribution in [0.3, 0.4) is 0 Å². The molecule has 0 atom stereocenters. The van der Waals surface area contributed by atoms with Crippen LogP contribution in [0.4, 0.5) is 18.9 Å². The molecule has 0 spiro atoms. The summed E-state index contributed by atoms with van der Waals surface area (Å²) in [6, 6.07) is 6.77. The molecule has 2 heterocycles. The number of hydrogen-bond acceptors (Lipinski definition) is 5. The van der Waals surface area contributed by atoms with Gasteiger partial charge in [-0.1, -0.05) is 6.07 Å². The SMILES string of the molecule is COCCN(CCC(=O)N1CCN(c2cccc(C(F)(F)F)c2)CC1)C(=O)c1ccoc1. The maximum Gasteiger partial charge on any atom is 0.416 e. The first kappa shape index (κ1) is 23.6. The Kier molecular flexibility index (Phi) is 7.79. The number of amides is 2. The van der Waals surface area contributed by atoms with Gasteiger partial charge in [0, 0.05) is 58.5 Å². The molecular formula is C22H26F3N3O4. The van der Waals surface area contributed by atoms with Crippen LogP contribution >= 0.6 is 0 Å². The lowest BCUT2D eigenvalue weighted by Gasteiger charge is -2.36. The summed E-state index contributed by atoms with van der Waals surface area (Å²) in [7, 11) is 1.54. The second-order valence-electron chi connectivity index (χ2n) is 7.46. The third-order valence-corrected chi connectivity index (χ3v) is 5.39. The monoisotopic (exact) mass is 453 g/mol. The number of ether oxygens (including phenoxy) is 1. The summed E-state index contributed by atoms with van der Waals surface area (Å²) in [4.78, 5) is 30.4. The first-order valence-corrected chi connectivity index (χ1v) is 10.3. The highest BCUT2D eigenvalue weighted by Gasteiger charge is 2.31. The standard InChI is InChI=1S/C22H26F3N3O4/c1-31-14-12-28(21(30)17-6-13-32-16-17)7-5-20(29)27-10-8-26(9-11-27)19-4-2-3-18(15-19)22(23,24)25/h2-4,6,13,15-16H,5,7-12,14H2,1H3. The van der Waals surface area contributed by atoms with Gasteiger partial charge in [-0.25, -0.2) is 0 Å². The number of piperazine rings is 1. The summed E-state index contributed by atoms with van der Waals surface area (Å²) in [6.07, 6.45) is -1.47. The van der Waals surface area contributed by atoms with Crippen LogP contribution in [0.5, 0.6) is 0 Å². The van der Waals surface area contributed by atoms with Gasteiger partial charge in [0.1, 0.15) is 6.26 Å². The smallest absolute Gasteiger partial charge is 0.416 e. The minimum Gasteiger partial charge on any atom is -0.472 e. The minimum atomic E-state index is -4.39. The Balaban J connectivity index is 1.53. The van der Waals surface area contributed by atoms with Crippen molar-refractivity contribution in [3.05, 3.63) is 54.0 Å². The lowest BCUT2D eigenvalue weighted by atomic mass is 10.1. The number of nitrogens with zero attached hydrogens (tertiary/aromatic N) is 3. The zero-order valence-corrected chi connectivity index (χ0v) is 17.8. The third-order valence-electron chi connectivity index (χ3n) is 5.39. The number of halogens is 3. The number of anilines is 1. The molecule has 1 saturated heterocycles. The van der Waals surface area contributed by atoms with Crippen molar-refractivity contribution < 1.29 is 31.9 Å². The summed E-state index contributed by atoms with van der Waals surface area (Å²) in [5.74, 6) is -0.339. The molecule has 1 aliphatic rings. The molecule has 7 nitrogen and oxygen atoms in total. The molecule has 0 N–H and O–H groups in total. The van der Waals surface area contributed by atoms with Crippen molar-refractivity contribution in [3.63, 3.8) is 0 Å². The predicted octanol–water partition coefficient (Wildman–Crippen LogP) is 3.13. The highest BCUT2D eigenvalue weighted by molar-refractivity contribution is 5.94. The van der Waals surface area contributed by atoms with Crippen molar-refractivity contribution in [2.75, 3.05) is 57.9 Å². The van der Waals surface area contributed by atoms with Crippen molar-refractivity contribution in [1.29, 1.82) is 0 Å². The van der Waals surface area contributed by atoms with E-state index in [2.05, 4.69) is 0 Å². The molecule has 0 bridgehead atoms. The normalized spacial score (nSPS) is 14.5. The van der Waals surface area contributed by atoms with Crippen LogP contribution in [0.25, 0.3) is 0 Å². The van der Waals surface area contributed by atoms with Crippen molar-refractivity contribution in [2.45, 2.75) is 12.6 Å². The predicted molar refractivity (Wildman–Crippen MR) is 111 cm³/mol. The van der Waals surface area contributed by atoms with Crippen LogP contribution in [-0.2, 0) is 15.7 Å². The lowest BCUT2D eigenvalue weighted by Crippen LogP contribution is -2.49. The van der Waals surface area contributed by atoms with Crippen LogP contribution in [0, 0.1) is 0 Å². The van der Waals surface area contributed by atoms with Gasteiger partial charge in [-0.15, -0.1) is 0 Å². The number of furan rings is 1. The van der Waals surface area contributed by atoms with E-state index >= 15 is 0 Å². The number of hydrogen-bond donors (Lipinski definition) is 0. The molecule has 10 heteroatoms. The quantitative estimate of drug-likeness (QED) is 0.615. The van der Waals surface area contributed by atoms with Gasteiger partial charge in [0.25, 0.3) is 5.91 Å². The largest absolute Gasteiger partial charge is 0.472 e. The fraction of sp³-hybridized carbons (Fsp3) is 0.455. The summed E-state index contributed by atoms with van der Waals surface area (Å²) in [5.41, 5.74) is 0.207. The first-order chi connectivity index (χ1) is 15.3. The van der Waals surface area contributed by atoms with E-state index in [0.717, 1.165) is 12.1 Å². The molecule has 1 aromatic carbocycles. The van der Waals surface area contributed by atoms with Crippen molar-refractivity contribution in [3.8, 4) is 0 Å². The Morgan fingerprint density at radius 2 is 1.88 bits per heavy atom. The molecule has 0 radical (unpaired) electrons. The van der Waals surface area contributed by atoms with Gasteiger partial charge in [0.05, 0.1) is 24.0 Å². The molecule has 3 rings (SSSR count). The number of carbonyl (C=O) groups is 2. The topological polar surface area (TPSA) is 66.2 Å². The minimum absolute atomic E-state index is 0.101. The van der Waals surface area contributed by atoms with Crippen molar-refractivity contribution in [2.24, 2.45) is 0 Å². The van der Waals surface area contributed by atoms with Gasteiger partial charge in [0.2, 0.25) is 5.91 Å². The van der Waals surface area contributed by atoms with E-state index < -0.39 is 11.7 Å². The van der Waals surface area contributed by atoms with E-state index in [1.165, 1.54) is 25.7 Å². The lowest BCUT2D eigenvalue weighted by molar-refractivity contribution is -0.137. The molecular weight excluding hydrogens is 427 g/mol. The third kappa shape index (κ3) is 6.03. The second kappa shape index (κ2) is 10.5. The molecule has 2 aromatic rings. The summed E-state index contributed by atoms with van der Waals surface area (Å²) in [5, 5.41) is 0. The van der Waals surface area contributed by atoms with Gasteiger partial charge in [-0.05, 0) is 24.3 Å². The molecule has 1 aliphatic heterocycles. The van der Waals surface area contributed by atoms with Crippen LogP contribution in [0.1, 0.15) is 22.3 Å². The number of carbonyl (C=O) groups excluding carboxylic acids is 2. The maximum atomic E-state index is 13.0. The fourth-order valence-corrected chi connectivity index (χ4v) is 3.57. The molecule has 1 aromatic heterocycles. The second-order valence-corrected chi connectivity index (χ2v) is 7.46. The summed E-state index contributed by atoms with van der Waals surface area (Å²) in [6.45, 7) is 2.61. The van der Waals surface area contributed by atoms with E-state index in [1.807, 2.05) is 4.90 Å². The molecule has 0 unspecified atom stereocenters. The number of rotatable bonds is 8. The summed E-state index contributed by atoms with van der Waals surface area (Å²) < 4.78 is 48.9. The van der Waals surface area contributed by atoms with Gasteiger partial charge >= 0.3 is 6.18 Å². The molecule has 174 valence electrons. The number of methoxy groups -OCH3 is 1. The molecule has 2 amide bonds. The Morgan fingerprint density at radius 3 is 2.50 bits per heavy atom. The Hall–Kier alpha value is -3.01. The van der Waals surface area contributed by atoms with Crippen molar-refractivity contribution in [1.82, 2.24) is 9.80 Å². The first-order valence-electron chi connectivity index (χ1n) is 10.3. The Bertz CT molecular complexity index is 894. The zero-order valence-electron chi connectivity index (χ0n) is 17.8. The Morgan fingerprint density at radius 1 is 1.12 bits per heavy atom.